The number of aromatic nitrogens is 2. The average Bonchev–Trinajstić information content (AvgIpc) is 3.18. The Kier molecular flexibility index (Phi) is 11.4. The third-order valence-electron chi connectivity index (χ3n) is 4.23. The van der Waals surface area contributed by atoms with E-state index in [0.29, 0.717) is 18.0 Å². The number of carbonyl (C=O) groups excluding carboxylic acids is 1. The van der Waals surface area contributed by atoms with Crippen molar-refractivity contribution in [1.29, 1.82) is 0 Å². The molecule has 0 atom stereocenters. The number of halogens is 1. The zero-order valence-corrected chi connectivity index (χ0v) is 20.8. The minimum atomic E-state index is -0.00295. The van der Waals surface area contributed by atoms with Crippen LogP contribution >= 0.6 is 24.0 Å². The summed E-state index contributed by atoms with van der Waals surface area (Å²) >= 11 is 0. The van der Waals surface area contributed by atoms with Gasteiger partial charge in [0, 0.05) is 45.1 Å². The summed E-state index contributed by atoms with van der Waals surface area (Å²) in [5.74, 6) is 2.45. The number of guanidine groups is 1. The van der Waals surface area contributed by atoms with Crippen LogP contribution in [-0.2, 0) is 13.0 Å². The third kappa shape index (κ3) is 8.29. The maximum Gasteiger partial charge on any atom is 0.253 e. The number of hydrogen-bond acceptors (Lipinski definition) is 5. The van der Waals surface area contributed by atoms with Crippen LogP contribution < -0.4 is 10.6 Å². The summed E-state index contributed by atoms with van der Waals surface area (Å²) in [6, 6.07) is 7.55. The molecule has 8 nitrogen and oxygen atoms in total. The van der Waals surface area contributed by atoms with E-state index in [-0.39, 0.29) is 35.8 Å². The smallest absolute Gasteiger partial charge is 0.253 e. The largest absolute Gasteiger partial charge is 0.357 e. The van der Waals surface area contributed by atoms with Crippen LogP contribution in [0, 0.1) is 0 Å². The summed E-state index contributed by atoms with van der Waals surface area (Å²) in [6.07, 6.45) is 1.60. The Morgan fingerprint density at radius 2 is 1.90 bits per heavy atom. The number of rotatable bonds is 9. The molecule has 0 bridgehead atoms. The fourth-order valence-electron chi connectivity index (χ4n) is 2.57. The van der Waals surface area contributed by atoms with Gasteiger partial charge in [0.05, 0.1) is 6.54 Å². The second-order valence-corrected chi connectivity index (χ2v) is 7.32. The van der Waals surface area contributed by atoms with Crippen LogP contribution in [0.2, 0.25) is 0 Å². The Morgan fingerprint density at radius 1 is 1.20 bits per heavy atom. The highest BCUT2D eigenvalue weighted by atomic mass is 127. The molecular formula is C21H33IN6O2. The summed E-state index contributed by atoms with van der Waals surface area (Å²) in [5.41, 5.74) is 1.72. The lowest BCUT2D eigenvalue weighted by molar-refractivity contribution is 0.0827. The Labute approximate surface area is 195 Å². The highest BCUT2D eigenvalue weighted by Gasteiger charge is 2.09. The maximum atomic E-state index is 12.0. The first-order valence-corrected chi connectivity index (χ1v) is 10.1. The zero-order chi connectivity index (χ0) is 21.2. The molecular weight excluding hydrogens is 495 g/mol. The van der Waals surface area contributed by atoms with Crippen LogP contribution in [-0.4, -0.2) is 54.1 Å². The standard InChI is InChI=1S/C21H32N6O2.HI/c1-6-22-21(23-13-7-8-18-25-19(15(2)3)26-29-18)24-14-16-9-11-17(12-10-16)20(28)27(4)5;/h9-12,15H,6-8,13-14H2,1-5H3,(H2,22,23,24);1H. The lowest BCUT2D eigenvalue weighted by atomic mass is 10.1. The van der Waals surface area contributed by atoms with Crippen molar-refractivity contribution in [3.63, 3.8) is 0 Å². The molecule has 2 N–H and O–H groups in total. The van der Waals surface area contributed by atoms with E-state index in [1.807, 2.05) is 45.0 Å². The predicted molar refractivity (Wildman–Crippen MR) is 129 cm³/mol. The molecule has 166 valence electrons. The first-order chi connectivity index (χ1) is 13.9. The van der Waals surface area contributed by atoms with E-state index < -0.39 is 0 Å². The lowest BCUT2D eigenvalue weighted by Crippen LogP contribution is -2.37. The van der Waals surface area contributed by atoms with Gasteiger partial charge in [-0.1, -0.05) is 31.1 Å². The van der Waals surface area contributed by atoms with Gasteiger partial charge in [-0.3, -0.25) is 4.79 Å². The second-order valence-electron chi connectivity index (χ2n) is 7.32. The molecule has 1 aromatic carbocycles. The van der Waals surface area contributed by atoms with Crippen molar-refractivity contribution in [2.45, 2.75) is 46.1 Å². The molecule has 2 rings (SSSR count). The highest BCUT2D eigenvalue weighted by molar-refractivity contribution is 14.0. The van der Waals surface area contributed by atoms with Gasteiger partial charge in [-0.25, -0.2) is 4.99 Å². The summed E-state index contributed by atoms with van der Waals surface area (Å²) < 4.78 is 5.27. The van der Waals surface area contributed by atoms with Crippen molar-refractivity contribution >= 4 is 35.8 Å². The van der Waals surface area contributed by atoms with Crippen LogP contribution in [0.5, 0.6) is 0 Å². The monoisotopic (exact) mass is 528 g/mol. The molecule has 0 radical (unpaired) electrons. The highest BCUT2D eigenvalue weighted by Crippen LogP contribution is 2.10. The normalized spacial score (nSPS) is 11.2. The molecule has 2 aromatic rings. The molecule has 1 amide bonds. The Morgan fingerprint density at radius 3 is 2.47 bits per heavy atom. The Bertz CT molecular complexity index is 802. The van der Waals surface area contributed by atoms with Crippen LogP contribution in [0.15, 0.2) is 33.8 Å². The van der Waals surface area contributed by atoms with Gasteiger partial charge >= 0.3 is 0 Å². The molecule has 30 heavy (non-hydrogen) atoms. The van der Waals surface area contributed by atoms with E-state index in [9.17, 15) is 4.79 Å². The molecule has 1 heterocycles. The Balaban J connectivity index is 0.00000450. The van der Waals surface area contributed by atoms with Gasteiger partial charge in [-0.05, 0) is 31.0 Å². The third-order valence-corrected chi connectivity index (χ3v) is 4.23. The van der Waals surface area contributed by atoms with Crippen molar-refractivity contribution in [3.8, 4) is 0 Å². The average molecular weight is 528 g/mol. The van der Waals surface area contributed by atoms with Gasteiger partial charge in [-0.2, -0.15) is 4.98 Å². The van der Waals surface area contributed by atoms with Crippen LogP contribution in [0.3, 0.4) is 0 Å². The van der Waals surface area contributed by atoms with Gasteiger partial charge in [0.2, 0.25) is 5.89 Å². The molecule has 0 saturated heterocycles. The van der Waals surface area contributed by atoms with Crippen LogP contribution in [0.25, 0.3) is 0 Å². The SMILES string of the molecule is CCNC(=NCc1ccc(C(=O)N(C)C)cc1)NCCCc1nc(C(C)C)no1.I. The molecule has 0 aliphatic heterocycles. The molecule has 0 aliphatic carbocycles. The molecule has 0 spiro atoms. The van der Waals surface area contributed by atoms with Crippen molar-refractivity contribution in [1.82, 2.24) is 25.7 Å². The van der Waals surface area contributed by atoms with Crippen molar-refractivity contribution in [2.24, 2.45) is 4.99 Å². The number of nitrogens with zero attached hydrogens (tertiary/aromatic N) is 4. The number of hydrogen-bond donors (Lipinski definition) is 2. The molecule has 0 aliphatic rings. The summed E-state index contributed by atoms with van der Waals surface area (Å²) in [6.45, 7) is 8.19. The number of benzene rings is 1. The maximum absolute atomic E-state index is 12.0. The topological polar surface area (TPSA) is 95.7 Å². The second kappa shape index (κ2) is 13.2. The van der Waals surface area contributed by atoms with E-state index >= 15 is 0 Å². The molecule has 1 aromatic heterocycles. The minimum absolute atomic E-state index is 0. The van der Waals surface area contributed by atoms with E-state index in [2.05, 4.69) is 25.8 Å². The van der Waals surface area contributed by atoms with E-state index in [4.69, 9.17) is 4.52 Å². The number of amides is 1. The first-order valence-electron chi connectivity index (χ1n) is 10.1. The van der Waals surface area contributed by atoms with Gasteiger partial charge in [0.15, 0.2) is 11.8 Å². The number of carbonyl (C=O) groups is 1. The number of aryl methyl sites for hydroxylation is 1. The summed E-state index contributed by atoms with van der Waals surface area (Å²) in [4.78, 5) is 22.5. The summed E-state index contributed by atoms with van der Waals surface area (Å²) in [7, 11) is 3.49. The van der Waals surface area contributed by atoms with Gasteiger partial charge in [-0.15, -0.1) is 24.0 Å². The van der Waals surface area contributed by atoms with Crippen LogP contribution in [0.1, 0.15) is 60.7 Å². The minimum Gasteiger partial charge on any atom is -0.357 e. The number of nitrogens with one attached hydrogen (secondary N) is 2. The van der Waals surface area contributed by atoms with Crippen molar-refractivity contribution in [3.05, 3.63) is 47.1 Å². The molecule has 0 unspecified atom stereocenters. The van der Waals surface area contributed by atoms with Gasteiger partial charge < -0.3 is 20.1 Å². The Hall–Kier alpha value is -2.17. The van der Waals surface area contributed by atoms with Crippen LogP contribution in [0.4, 0.5) is 0 Å². The summed E-state index contributed by atoms with van der Waals surface area (Å²) in [5, 5.41) is 10.5. The fraction of sp³-hybridized carbons (Fsp3) is 0.524. The fourth-order valence-corrected chi connectivity index (χ4v) is 2.57. The quantitative estimate of drug-likeness (QED) is 0.225. The van der Waals surface area contributed by atoms with Crippen molar-refractivity contribution in [2.75, 3.05) is 27.2 Å². The molecule has 9 heteroatoms. The molecule has 0 fully saturated rings. The van der Waals surface area contributed by atoms with E-state index in [1.165, 1.54) is 0 Å². The lowest BCUT2D eigenvalue weighted by Gasteiger charge is -2.11. The van der Waals surface area contributed by atoms with Crippen molar-refractivity contribution < 1.29 is 9.32 Å². The zero-order valence-electron chi connectivity index (χ0n) is 18.4. The van der Waals surface area contributed by atoms with E-state index in [0.717, 1.165) is 43.3 Å². The van der Waals surface area contributed by atoms with E-state index in [1.54, 1.807) is 19.0 Å². The predicted octanol–water partition coefficient (Wildman–Crippen LogP) is 3.20. The van der Waals surface area contributed by atoms with Gasteiger partial charge in [0.25, 0.3) is 5.91 Å². The first kappa shape index (κ1) is 25.9. The van der Waals surface area contributed by atoms with Gasteiger partial charge in [0.1, 0.15) is 0 Å². The number of aliphatic imine (C=N–C) groups is 1. The molecule has 0 saturated carbocycles.